The van der Waals surface area contributed by atoms with Crippen molar-refractivity contribution in [1.29, 1.82) is 0 Å². The number of hydrogen-bond acceptors (Lipinski definition) is 5. The van der Waals surface area contributed by atoms with Gasteiger partial charge in [-0.15, -0.1) is 0 Å². The molecular weight excluding hydrogens is 371 g/mol. The minimum atomic E-state index is -0.770. The number of amides is 1. The fourth-order valence-electron chi connectivity index (χ4n) is 1.98. The van der Waals surface area contributed by atoms with Gasteiger partial charge in [-0.3, -0.25) is 14.9 Å². The summed E-state index contributed by atoms with van der Waals surface area (Å²) >= 11 is 11.6. The SMILES string of the molecule is Cc1cccc([N+](=O)[O-])c1NC(=O)COC(=O)c1ccc(Cl)c(Cl)c1. The van der Waals surface area contributed by atoms with Gasteiger partial charge in [0.25, 0.3) is 11.6 Å². The first-order valence-electron chi connectivity index (χ1n) is 6.95. The molecule has 130 valence electrons. The molecule has 25 heavy (non-hydrogen) atoms. The molecule has 0 spiro atoms. The number of ether oxygens (including phenoxy) is 1. The number of carbonyl (C=O) groups excluding carboxylic acids is 2. The molecule has 0 saturated heterocycles. The lowest BCUT2D eigenvalue weighted by atomic mass is 10.1. The van der Waals surface area contributed by atoms with Gasteiger partial charge in [-0.05, 0) is 30.7 Å². The minimum Gasteiger partial charge on any atom is -0.452 e. The van der Waals surface area contributed by atoms with Crippen LogP contribution in [0.1, 0.15) is 15.9 Å². The molecule has 0 unspecified atom stereocenters. The van der Waals surface area contributed by atoms with Crippen molar-refractivity contribution < 1.29 is 19.2 Å². The van der Waals surface area contributed by atoms with Crippen LogP contribution in [0.2, 0.25) is 10.0 Å². The maximum absolute atomic E-state index is 11.9. The van der Waals surface area contributed by atoms with Gasteiger partial charge in [0.15, 0.2) is 6.61 Å². The fourth-order valence-corrected chi connectivity index (χ4v) is 2.28. The summed E-state index contributed by atoms with van der Waals surface area (Å²) in [4.78, 5) is 34.2. The molecule has 0 heterocycles. The zero-order valence-corrected chi connectivity index (χ0v) is 14.4. The molecule has 0 aliphatic heterocycles. The fraction of sp³-hybridized carbons (Fsp3) is 0.125. The second-order valence-corrected chi connectivity index (χ2v) is 5.79. The molecule has 0 aliphatic carbocycles. The second-order valence-electron chi connectivity index (χ2n) is 4.98. The highest BCUT2D eigenvalue weighted by Gasteiger charge is 2.19. The molecule has 1 N–H and O–H groups in total. The monoisotopic (exact) mass is 382 g/mol. The first-order valence-corrected chi connectivity index (χ1v) is 7.71. The molecule has 2 aromatic carbocycles. The van der Waals surface area contributed by atoms with E-state index in [0.717, 1.165) is 0 Å². The van der Waals surface area contributed by atoms with Gasteiger partial charge in [-0.25, -0.2) is 4.79 Å². The van der Waals surface area contributed by atoms with Gasteiger partial charge >= 0.3 is 5.97 Å². The minimum absolute atomic E-state index is 0.0584. The quantitative estimate of drug-likeness (QED) is 0.478. The zero-order chi connectivity index (χ0) is 18.6. The van der Waals surface area contributed by atoms with E-state index in [2.05, 4.69) is 5.32 Å². The Hall–Kier alpha value is -2.64. The Bertz CT molecular complexity index is 854. The number of para-hydroxylation sites is 1. The molecule has 0 fully saturated rings. The van der Waals surface area contributed by atoms with E-state index in [1.165, 1.54) is 30.3 Å². The number of anilines is 1. The molecule has 7 nitrogen and oxygen atoms in total. The maximum atomic E-state index is 11.9. The van der Waals surface area contributed by atoms with E-state index in [-0.39, 0.29) is 27.0 Å². The number of hydrogen-bond donors (Lipinski definition) is 1. The predicted octanol–water partition coefficient (Wildman–Crippen LogP) is 4.01. The van der Waals surface area contributed by atoms with Crippen LogP contribution in [0.5, 0.6) is 0 Å². The van der Waals surface area contributed by atoms with Crippen molar-refractivity contribution in [2.45, 2.75) is 6.92 Å². The van der Waals surface area contributed by atoms with Gasteiger partial charge in [0, 0.05) is 6.07 Å². The van der Waals surface area contributed by atoms with Crippen LogP contribution in [0.25, 0.3) is 0 Å². The average molecular weight is 383 g/mol. The number of aryl methyl sites for hydroxylation is 1. The summed E-state index contributed by atoms with van der Waals surface area (Å²) in [6, 6.07) is 8.54. The van der Waals surface area contributed by atoms with Crippen LogP contribution in [-0.2, 0) is 9.53 Å². The van der Waals surface area contributed by atoms with Crippen LogP contribution < -0.4 is 5.32 Å². The molecule has 0 bridgehead atoms. The van der Waals surface area contributed by atoms with Crippen molar-refractivity contribution in [3.8, 4) is 0 Å². The lowest BCUT2D eigenvalue weighted by Crippen LogP contribution is -2.22. The van der Waals surface area contributed by atoms with Crippen molar-refractivity contribution in [3.63, 3.8) is 0 Å². The molecule has 2 aromatic rings. The summed E-state index contributed by atoms with van der Waals surface area (Å²) in [5.41, 5.74) is 0.453. The summed E-state index contributed by atoms with van der Waals surface area (Å²) in [5, 5.41) is 13.9. The molecule has 0 atom stereocenters. The molecular formula is C16H12Cl2N2O5. The maximum Gasteiger partial charge on any atom is 0.338 e. The number of benzene rings is 2. The van der Waals surface area contributed by atoms with Crippen molar-refractivity contribution in [1.82, 2.24) is 0 Å². The van der Waals surface area contributed by atoms with Gasteiger partial charge in [-0.1, -0.05) is 35.3 Å². The number of nitro groups is 1. The first kappa shape index (κ1) is 18.7. The number of halogens is 2. The zero-order valence-electron chi connectivity index (χ0n) is 12.9. The van der Waals surface area contributed by atoms with E-state index in [9.17, 15) is 19.7 Å². The van der Waals surface area contributed by atoms with E-state index >= 15 is 0 Å². The molecule has 0 radical (unpaired) electrons. The third-order valence-electron chi connectivity index (χ3n) is 3.20. The van der Waals surface area contributed by atoms with Crippen LogP contribution in [0, 0.1) is 17.0 Å². The average Bonchev–Trinajstić information content (AvgIpc) is 2.56. The normalized spacial score (nSPS) is 10.2. The van der Waals surface area contributed by atoms with E-state index in [1.54, 1.807) is 13.0 Å². The van der Waals surface area contributed by atoms with E-state index in [1.807, 2.05) is 0 Å². The Morgan fingerprint density at radius 3 is 2.56 bits per heavy atom. The van der Waals surface area contributed by atoms with Crippen molar-refractivity contribution >= 4 is 46.5 Å². The van der Waals surface area contributed by atoms with Crippen LogP contribution in [-0.4, -0.2) is 23.4 Å². The van der Waals surface area contributed by atoms with Crippen LogP contribution in [0.15, 0.2) is 36.4 Å². The molecule has 0 saturated carbocycles. The summed E-state index contributed by atoms with van der Waals surface area (Å²) in [7, 11) is 0. The van der Waals surface area contributed by atoms with Crippen LogP contribution >= 0.6 is 23.2 Å². The Balaban J connectivity index is 2.03. The second kappa shape index (κ2) is 7.96. The highest BCUT2D eigenvalue weighted by atomic mass is 35.5. The number of esters is 1. The van der Waals surface area contributed by atoms with Gasteiger partial charge in [-0.2, -0.15) is 0 Å². The number of nitrogens with zero attached hydrogens (tertiary/aromatic N) is 1. The third-order valence-corrected chi connectivity index (χ3v) is 3.94. The van der Waals surface area contributed by atoms with Crippen LogP contribution in [0.4, 0.5) is 11.4 Å². The Kier molecular flexibility index (Phi) is 5.95. The third kappa shape index (κ3) is 4.68. The molecule has 1 amide bonds. The molecule has 0 aliphatic rings. The first-order chi connectivity index (χ1) is 11.8. The highest BCUT2D eigenvalue weighted by Crippen LogP contribution is 2.27. The number of nitro benzene ring substituents is 1. The lowest BCUT2D eigenvalue weighted by molar-refractivity contribution is -0.384. The van der Waals surface area contributed by atoms with Crippen molar-refractivity contribution in [2.24, 2.45) is 0 Å². The molecule has 9 heteroatoms. The van der Waals surface area contributed by atoms with Gasteiger partial charge in [0.1, 0.15) is 5.69 Å². The number of carbonyl (C=O) groups is 2. The van der Waals surface area contributed by atoms with E-state index < -0.39 is 23.4 Å². The largest absolute Gasteiger partial charge is 0.452 e. The van der Waals surface area contributed by atoms with Gasteiger partial charge in [0.05, 0.1) is 20.5 Å². The van der Waals surface area contributed by atoms with Gasteiger partial charge in [0.2, 0.25) is 0 Å². The smallest absolute Gasteiger partial charge is 0.338 e. The lowest BCUT2D eigenvalue weighted by Gasteiger charge is -2.09. The standard InChI is InChI=1S/C16H12Cl2N2O5/c1-9-3-2-4-13(20(23)24)15(9)19-14(21)8-25-16(22)10-5-6-11(17)12(18)7-10/h2-7H,8H2,1H3,(H,19,21). The number of nitrogens with one attached hydrogen (secondary N) is 1. The predicted molar refractivity (Wildman–Crippen MR) is 93.2 cm³/mol. The molecule has 0 aromatic heterocycles. The Morgan fingerprint density at radius 2 is 1.92 bits per heavy atom. The Labute approximate surface area is 152 Å². The van der Waals surface area contributed by atoms with E-state index in [0.29, 0.717) is 5.56 Å². The summed E-state index contributed by atoms with van der Waals surface area (Å²) in [5.74, 6) is -1.47. The van der Waals surface area contributed by atoms with Crippen LogP contribution in [0.3, 0.4) is 0 Å². The van der Waals surface area contributed by atoms with Gasteiger partial charge < -0.3 is 10.1 Å². The topological polar surface area (TPSA) is 98.5 Å². The van der Waals surface area contributed by atoms with Crippen molar-refractivity contribution in [3.05, 3.63) is 67.7 Å². The molecule has 2 rings (SSSR count). The number of rotatable bonds is 5. The summed E-state index contributed by atoms with van der Waals surface area (Å²) in [6.45, 7) is 1.01. The summed E-state index contributed by atoms with van der Waals surface area (Å²) in [6.07, 6.45) is 0. The highest BCUT2D eigenvalue weighted by molar-refractivity contribution is 6.42. The van der Waals surface area contributed by atoms with E-state index in [4.69, 9.17) is 27.9 Å². The van der Waals surface area contributed by atoms with Crippen molar-refractivity contribution in [2.75, 3.05) is 11.9 Å². The Morgan fingerprint density at radius 1 is 1.20 bits per heavy atom. The summed E-state index contributed by atoms with van der Waals surface area (Å²) < 4.78 is 4.87.